The minimum Gasteiger partial charge on any atom is -0.462 e. The van der Waals surface area contributed by atoms with E-state index in [0.717, 1.165) is 57.9 Å². The molecule has 0 bridgehead atoms. The first-order valence-electron chi connectivity index (χ1n) is 14.9. The van der Waals surface area contributed by atoms with E-state index in [9.17, 15) is 19.8 Å². The van der Waals surface area contributed by atoms with Gasteiger partial charge in [-0.15, -0.1) is 0 Å². The molecule has 38 heavy (non-hydrogen) atoms. The monoisotopic (exact) mass is 541 g/mol. The number of hydrogen-bond donors (Lipinski definition) is 4. The van der Waals surface area contributed by atoms with E-state index in [0.29, 0.717) is 49.4 Å². The highest BCUT2D eigenvalue weighted by Crippen LogP contribution is 2.42. The lowest BCUT2D eigenvalue weighted by molar-refractivity contribution is -0.699. The summed E-state index contributed by atoms with van der Waals surface area (Å²) >= 11 is 0. The van der Waals surface area contributed by atoms with E-state index in [1.807, 2.05) is 0 Å². The van der Waals surface area contributed by atoms with Crippen LogP contribution in [0.2, 0.25) is 0 Å². The van der Waals surface area contributed by atoms with Crippen molar-refractivity contribution in [1.29, 1.82) is 0 Å². The predicted octanol–water partition coefficient (Wildman–Crippen LogP) is 1.87. The molecule has 0 aromatic carbocycles. The lowest BCUT2D eigenvalue weighted by Crippen LogP contribution is -2.94. The second kappa shape index (κ2) is 15.5. The van der Waals surface area contributed by atoms with Gasteiger partial charge < -0.3 is 29.7 Å². The molecule has 3 aliphatic rings. The number of carbonyl (C=O) groups is 2. The zero-order chi connectivity index (χ0) is 27.7. The Labute approximate surface area is 228 Å². The summed E-state index contributed by atoms with van der Waals surface area (Å²) in [6, 6.07) is 0. The molecular formula is C29H53N2O7+. The Hall–Kier alpha value is -1.26. The van der Waals surface area contributed by atoms with E-state index in [1.165, 1.54) is 13.8 Å². The maximum atomic E-state index is 12.1. The number of carbonyl (C=O) groups excluding carboxylic acids is 2. The quantitative estimate of drug-likeness (QED) is 0.274. The van der Waals surface area contributed by atoms with Crippen LogP contribution in [0.3, 0.4) is 0 Å². The number of piperidine rings is 1. The molecule has 6 unspecified atom stereocenters. The molecule has 0 radical (unpaired) electrons. The molecule has 3 rings (SSSR count). The molecule has 0 amide bonds. The average Bonchev–Trinajstić information content (AvgIpc) is 2.87. The summed E-state index contributed by atoms with van der Waals surface area (Å²) in [6.45, 7) is 4.02. The van der Waals surface area contributed by atoms with E-state index in [-0.39, 0.29) is 48.9 Å². The minimum absolute atomic E-state index is 0.104. The van der Waals surface area contributed by atoms with Crippen LogP contribution in [0.4, 0.5) is 0 Å². The lowest BCUT2D eigenvalue weighted by atomic mass is 9.66. The highest BCUT2D eigenvalue weighted by molar-refractivity contribution is 5.66. The van der Waals surface area contributed by atoms with Crippen molar-refractivity contribution >= 4 is 11.9 Å². The highest BCUT2D eigenvalue weighted by atomic mass is 16.6. The van der Waals surface area contributed by atoms with Crippen molar-refractivity contribution in [3.8, 4) is 0 Å². The van der Waals surface area contributed by atoms with Crippen molar-refractivity contribution in [3.05, 3.63) is 0 Å². The number of esters is 2. The van der Waals surface area contributed by atoms with Gasteiger partial charge in [0.1, 0.15) is 18.4 Å². The normalized spacial score (nSPS) is 35.7. The third kappa shape index (κ3) is 9.44. The zero-order valence-electron chi connectivity index (χ0n) is 23.8. The first kappa shape index (κ1) is 31.3. The van der Waals surface area contributed by atoms with E-state index in [2.05, 4.69) is 5.32 Å². The fourth-order valence-electron chi connectivity index (χ4n) is 7.65. The Morgan fingerprint density at radius 2 is 1.66 bits per heavy atom. The molecule has 1 saturated heterocycles. The summed E-state index contributed by atoms with van der Waals surface area (Å²) in [6.07, 6.45) is 9.18. The molecule has 10 atom stereocenters. The van der Waals surface area contributed by atoms with Crippen molar-refractivity contribution in [3.63, 3.8) is 0 Å². The number of nitrogens with two attached hydrogens (primary N) is 2. The van der Waals surface area contributed by atoms with Crippen LogP contribution >= 0.6 is 0 Å². The third-order valence-corrected chi connectivity index (χ3v) is 9.49. The molecule has 0 aromatic heterocycles. The van der Waals surface area contributed by atoms with Crippen LogP contribution in [-0.4, -0.2) is 73.0 Å². The molecule has 0 spiro atoms. The molecule has 9 nitrogen and oxygen atoms in total. The smallest absolute Gasteiger partial charge is 0.302 e. The van der Waals surface area contributed by atoms with Crippen molar-refractivity contribution in [2.75, 3.05) is 20.3 Å². The van der Waals surface area contributed by atoms with Crippen LogP contribution in [-0.2, 0) is 23.8 Å². The maximum Gasteiger partial charge on any atom is 0.302 e. The van der Waals surface area contributed by atoms with Gasteiger partial charge in [-0.05, 0) is 81.0 Å². The maximum absolute atomic E-state index is 12.1. The Morgan fingerprint density at radius 3 is 2.29 bits per heavy atom. The average molecular weight is 542 g/mol. The van der Waals surface area contributed by atoms with E-state index in [4.69, 9.17) is 19.9 Å². The number of ether oxygens (including phenoxy) is 3. The van der Waals surface area contributed by atoms with Gasteiger partial charge in [0.2, 0.25) is 0 Å². The minimum atomic E-state index is -0.476. The molecule has 220 valence electrons. The van der Waals surface area contributed by atoms with Crippen LogP contribution in [0, 0.1) is 29.6 Å². The fourth-order valence-corrected chi connectivity index (χ4v) is 7.65. The predicted molar refractivity (Wildman–Crippen MR) is 143 cm³/mol. The first-order chi connectivity index (χ1) is 18.2. The Bertz CT molecular complexity index is 738. The summed E-state index contributed by atoms with van der Waals surface area (Å²) in [5.41, 5.74) is 6.28. The molecule has 9 heteroatoms. The van der Waals surface area contributed by atoms with Gasteiger partial charge in [-0.1, -0.05) is 12.8 Å². The van der Waals surface area contributed by atoms with Crippen molar-refractivity contribution in [1.82, 2.24) is 0 Å². The van der Waals surface area contributed by atoms with Gasteiger partial charge >= 0.3 is 11.9 Å². The molecule has 2 aliphatic carbocycles. The fraction of sp³-hybridized carbons (Fsp3) is 0.931. The summed E-state index contributed by atoms with van der Waals surface area (Å²) in [5, 5.41) is 22.8. The SMILES string of the molecule is COC1CC(CC[C@H](C[C@H](C[C@@H]2CCCC[C@@H]2CO)OC(C)=O)OC(C)=O)C(C2CC[NH2+]C(N)C2)CC1O. The first-order valence-corrected chi connectivity index (χ1v) is 14.9. The zero-order valence-corrected chi connectivity index (χ0v) is 23.8. The van der Waals surface area contributed by atoms with Crippen LogP contribution < -0.4 is 11.1 Å². The summed E-state index contributed by atoms with van der Waals surface area (Å²) in [4.78, 5) is 24.0. The number of rotatable bonds is 12. The van der Waals surface area contributed by atoms with E-state index < -0.39 is 6.10 Å². The molecule has 1 aliphatic heterocycles. The number of hydrogen-bond acceptors (Lipinski definition) is 8. The molecule has 6 N–H and O–H groups in total. The van der Waals surface area contributed by atoms with Gasteiger partial charge in [0, 0.05) is 40.4 Å². The Morgan fingerprint density at radius 1 is 0.974 bits per heavy atom. The van der Waals surface area contributed by atoms with Gasteiger partial charge in [0.05, 0.1) is 18.8 Å². The summed E-state index contributed by atoms with van der Waals surface area (Å²) in [7, 11) is 1.66. The van der Waals surface area contributed by atoms with Gasteiger partial charge in [0.25, 0.3) is 0 Å². The van der Waals surface area contributed by atoms with Gasteiger partial charge in [0.15, 0.2) is 0 Å². The Kier molecular flexibility index (Phi) is 12.8. The van der Waals surface area contributed by atoms with Crippen molar-refractivity contribution in [2.24, 2.45) is 35.3 Å². The van der Waals surface area contributed by atoms with Crippen molar-refractivity contribution in [2.45, 2.75) is 121 Å². The second-order valence-corrected chi connectivity index (χ2v) is 12.2. The third-order valence-electron chi connectivity index (χ3n) is 9.49. The second-order valence-electron chi connectivity index (χ2n) is 12.2. The topological polar surface area (TPSA) is 145 Å². The molecule has 0 aromatic rings. The number of methoxy groups -OCH3 is 1. The molecule has 3 fully saturated rings. The largest absolute Gasteiger partial charge is 0.462 e. The molecule has 1 heterocycles. The lowest BCUT2D eigenvalue weighted by Gasteiger charge is -2.44. The standard InChI is InChI=1S/C29H52N2O7/c1-18(33)37-24(15-25(38-19(2)34)12-20-6-4-5-7-23(20)17-32)9-8-21-13-28(36-3)27(35)16-26(21)22-10-11-31-29(30)14-22/h20-29,31-32,35H,4-17,30H2,1-3H3/p+1/t20-,21?,22?,23+,24+,25-,26?,27?,28?,29?/m0/s1. The van der Waals surface area contributed by atoms with Gasteiger partial charge in [-0.25, -0.2) is 0 Å². The van der Waals surface area contributed by atoms with E-state index >= 15 is 0 Å². The summed E-state index contributed by atoms with van der Waals surface area (Å²) in [5.74, 6) is 1.02. The van der Waals surface area contributed by atoms with Crippen LogP contribution in [0.1, 0.15) is 90.9 Å². The highest BCUT2D eigenvalue weighted by Gasteiger charge is 2.42. The Balaban J connectivity index is 1.69. The number of quaternary nitrogens is 1. The molecular weight excluding hydrogens is 488 g/mol. The van der Waals surface area contributed by atoms with E-state index in [1.54, 1.807) is 7.11 Å². The van der Waals surface area contributed by atoms with Gasteiger partial charge in [-0.3, -0.25) is 15.3 Å². The summed E-state index contributed by atoms with van der Waals surface area (Å²) < 4.78 is 17.2. The van der Waals surface area contributed by atoms with Crippen LogP contribution in [0.15, 0.2) is 0 Å². The van der Waals surface area contributed by atoms with Crippen molar-refractivity contribution < 1.29 is 39.3 Å². The number of aliphatic hydroxyl groups is 2. The molecule has 2 saturated carbocycles. The van der Waals surface area contributed by atoms with Crippen LogP contribution in [0.5, 0.6) is 0 Å². The number of aliphatic hydroxyl groups excluding tert-OH is 2. The van der Waals surface area contributed by atoms with Crippen LogP contribution in [0.25, 0.3) is 0 Å². The van der Waals surface area contributed by atoms with Gasteiger partial charge in [-0.2, -0.15) is 0 Å².